The summed E-state index contributed by atoms with van der Waals surface area (Å²) in [5, 5.41) is 15.8. The molecular weight excluding hydrogens is 367 g/mol. The molecule has 4 rings (SSSR count). The number of thiophene rings is 1. The third-order valence-electron chi connectivity index (χ3n) is 4.68. The highest BCUT2D eigenvalue weighted by atomic mass is 32.1. The molecule has 2 aromatic heterocycles. The second-order valence-corrected chi connectivity index (χ2v) is 7.51. The van der Waals surface area contributed by atoms with Crippen LogP contribution >= 0.6 is 11.3 Å². The number of hydrogen-bond acceptors (Lipinski definition) is 5. The van der Waals surface area contributed by atoms with E-state index in [2.05, 4.69) is 10.1 Å². The number of carbonyl (C=O) groups is 1. The fourth-order valence-corrected chi connectivity index (χ4v) is 3.97. The van der Waals surface area contributed by atoms with E-state index in [4.69, 9.17) is 0 Å². The molecule has 0 spiro atoms. The summed E-state index contributed by atoms with van der Waals surface area (Å²) in [6.07, 6.45) is 1.77. The molecule has 3 aromatic rings. The molecule has 1 atom stereocenters. The summed E-state index contributed by atoms with van der Waals surface area (Å²) < 4.78 is 14.9. The third kappa shape index (κ3) is 3.63. The van der Waals surface area contributed by atoms with Crippen molar-refractivity contribution >= 4 is 17.2 Å². The lowest BCUT2D eigenvalue weighted by atomic mass is 9.99. The van der Waals surface area contributed by atoms with Gasteiger partial charge < -0.3 is 10.0 Å². The Morgan fingerprint density at radius 2 is 2.11 bits per heavy atom. The monoisotopic (exact) mass is 386 g/mol. The summed E-state index contributed by atoms with van der Waals surface area (Å²) in [5.41, 5.74) is 0.637. The molecule has 1 amide bonds. The Morgan fingerprint density at radius 3 is 2.81 bits per heavy atom. The number of likely N-dealkylation sites (tertiary alicyclic amines) is 1. The van der Waals surface area contributed by atoms with Gasteiger partial charge in [0.1, 0.15) is 5.82 Å². The summed E-state index contributed by atoms with van der Waals surface area (Å²) in [6.45, 7) is 1.21. The van der Waals surface area contributed by atoms with Crippen molar-refractivity contribution in [3.63, 3.8) is 0 Å². The van der Waals surface area contributed by atoms with Gasteiger partial charge in [-0.3, -0.25) is 4.79 Å². The maximum absolute atomic E-state index is 13.3. The van der Waals surface area contributed by atoms with Gasteiger partial charge in [0, 0.05) is 19.7 Å². The van der Waals surface area contributed by atoms with Gasteiger partial charge in [0.25, 0.3) is 5.91 Å². The minimum Gasteiger partial charge on any atom is -0.396 e. The van der Waals surface area contributed by atoms with Crippen LogP contribution in [0, 0.1) is 11.7 Å². The number of hydrogen-bond donors (Lipinski definition) is 1. The molecule has 1 aliphatic heterocycles. The van der Waals surface area contributed by atoms with Gasteiger partial charge in [0.15, 0.2) is 5.82 Å². The molecule has 27 heavy (non-hydrogen) atoms. The third-order valence-corrected chi connectivity index (χ3v) is 5.54. The number of aliphatic hydroxyl groups is 1. The van der Waals surface area contributed by atoms with E-state index in [9.17, 15) is 14.3 Å². The average Bonchev–Trinajstić information content (AvgIpc) is 3.38. The Kier molecular flexibility index (Phi) is 5.00. The summed E-state index contributed by atoms with van der Waals surface area (Å²) in [6, 6.07) is 9.74. The van der Waals surface area contributed by atoms with Gasteiger partial charge in [0.2, 0.25) is 5.82 Å². The maximum atomic E-state index is 13.3. The standard InChI is InChI=1S/C19H19FN4O2S/c20-14-5-7-15(8-6-14)24-18(16-4-2-10-27-16)21-17(22-24)19(26)23-9-1-3-13(11-23)12-25/h2,4-8,10,13,25H,1,3,9,11-12H2. The quantitative estimate of drug-likeness (QED) is 0.748. The van der Waals surface area contributed by atoms with Crippen LogP contribution in [0.1, 0.15) is 23.5 Å². The Hall–Kier alpha value is -2.58. The first-order valence-corrected chi connectivity index (χ1v) is 9.70. The zero-order valence-electron chi connectivity index (χ0n) is 14.6. The number of aliphatic hydroxyl groups excluding tert-OH is 1. The van der Waals surface area contributed by atoms with Gasteiger partial charge in [0.05, 0.1) is 10.6 Å². The molecular formula is C19H19FN4O2S. The van der Waals surface area contributed by atoms with Crippen LogP contribution in [0.3, 0.4) is 0 Å². The summed E-state index contributed by atoms with van der Waals surface area (Å²) in [4.78, 5) is 20.0. The Labute approximate surface area is 159 Å². The molecule has 1 fully saturated rings. The Balaban J connectivity index is 1.71. The van der Waals surface area contributed by atoms with Crippen molar-refractivity contribution in [2.24, 2.45) is 5.92 Å². The van der Waals surface area contributed by atoms with E-state index in [1.165, 1.54) is 23.5 Å². The van der Waals surface area contributed by atoms with E-state index >= 15 is 0 Å². The van der Waals surface area contributed by atoms with Crippen LogP contribution in [0.25, 0.3) is 16.4 Å². The predicted molar refractivity (Wildman–Crippen MR) is 100 cm³/mol. The largest absolute Gasteiger partial charge is 0.396 e. The van der Waals surface area contributed by atoms with E-state index in [1.807, 2.05) is 17.5 Å². The van der Waals surface area contributed by atoms with Crippen LogP contribution in [0.15, 0.2) is 41.8 Å². The number of aromatic nitrogens is 3. The molecule has 1 aromatic carbocycles. The van der Waals surface area contributed by atoms with Crippen LogP contribution in [-0.4, -0.2) is 50.4 Å². The van der Waals surface area contributed by atoms with Gasteiger partial charge in [-0.2, -0.15) is 0 Å². The van der Waals surface area contributed by atoms with Crippen molar-refractivity contribution in [3.05, 3.63) is 53.4 Å². The predicted octanol–water partition coefficient (Wildman–Crippen LogP) is 2.98. The summed E-state index contributed by atoms with van der Waals surface area (Å²) in [5.74, 6) is 0.179. The molecule has 8 heteroatoms. The maximum Gasteiger partial charge on any atom is 0.293 e. The van der Waals surface area contributed by atoms with E-state index in [0.29, 0.717) is 24.6 Å². The number of benzene rings is 1. The molecule has 3 heterocycles. The molecule has 140 valence electrons. The van der Waals surface area contributed by atoms with Crippen LogP contribution < -0.4 is 0 Å². The van der Waals surface area contributed by atoms with Crippen LogP contribution in [-0.2, 0) is 0 Å². The van der Waals surface area contributed by atoms with Crippen molar-refractivity contribution in [2.75, 3.05) is 19.7 Å². The topological polar surface area (TPSA) is 71.2 Å². The first kappa shape index (κ1) is 17.8. The van der Waals surface area contributed by atoms with Gasteiger partial charge >= 0.3 is 0 Å². The second-order valence-electron chi connectivity index (χ2n) is 6.57. The molecule has 0 bridgehead atoms. The van der Waals surface area contributed by atoms with E-state index < -0.39 is 0 Å². The lowest BCUT2D eigenvalue weighted by Crippen LogP contribution is -2.41. The van der Waals surface area contributed by atoms with E-state index in [1.54, 1.807) is 21.7 Å². The summed E-state index contributed by atoms with van der Waals surface area (Å²) >= 11 is 1.50. The minimum absolute atomic E-state index is 0.0711. The molecule has 0 radical (unpaired) electrons. The number of rotatable bonds is 4. The molecule has 0 saturated carbocycles. The first-order valence-electron chi connectivity index (χ1n) is 8.82. The number of nitrogens with zero attached hydrogens (tertiary/aromatic N) is 4. The molecule has 1 N–H and O–H groups in total. The van der Waals surface area contributed by atoms with Crippen LogP contribution in [0.4, 0.5) is 4.39 Å². The highest BCUT2D eigenvalue weighted by molar-refractivity contribution is 7.13. The lowest BCUT2D eigenvalue weighted by molar-refractivity contribution is 0.0609. The number of amides is 1. The molecule has 1 aliphatic rings. The lowest BCUT2D eigenvalue weighted by Gasteiger charge is -2.30. The van der Waals surface area contributed by atoms with E-state index in [-0.39, 0.29) is 30.1 Å². The Morgan fingerprint density at radius 1 is 1.30 bits per heavy atom. The van der Waals surface area contributed by atoms with Gasteiger partial charge in [-0.25, -0.2) is 14.1 Å². The molecule has 1 unspecified atom stereocenters. The molecule has 0 aliphatic carbocycles. The van der Waals surface area contributed by atoms with Crippen molar-refractivity contribution in [2.45, 2.75) is 12.8 Å². The second kappa shape index (κ2) is 7.58. The Bertz CT molecular complexity index is 924. The number of carbonyl (C=O) groups excluding carboxylic acids is 1. The van der Waals surface area contributed by atoms with Crippen molar-refractivity contribution in [1.29, 1.82) is 0 Å². The van der Waals surface area contributed by atoms with E-state index in [0.717, 1.165) is 17.7 Å². The zero-order chi connectivity index (χ0) is 18.8. The zero-order valence-corrected chi connectivity index (χ0v) is 15.4. The van der Waals surface area contributed by atoms with Crippen LogP contribution in [0.5, 0.6) is 0 Å². The smallest absolute Gasteiger partial charge is 0.293 e. The highest BCUT2D eigenvalue weighted by Gasteiger charge is 2.28. The fourth-order valence-electron chi connectivity index (χ4n) is 3.27. The first-order chi connectivity index (χ1) is 13.2. The summed E-state index contributed by atoms with van der Waals surface area (Å²) in [7, 11) is 0. The van der Waals surface area contributed by atoms with Gasteiger partial charge in [-0.1, -0.05) is 6.07 Å². The molecule has 1 saturated heterocycles. The van der Waals surface area contributed by atoms with Crippen molar-refractivity contribution < 1.29 is 14.3 Å². The normalized spacial score (nSPS) is 17.3. The van der Waals surface area contributed by atoms with Crippen LogP contribution in [0.2, 0.25) is 0 Å². The number of halogens is 1. The van der Waals surface area contributed by atoms with Crippen molar-refractivity contribution in [1.82, 2.24) is 19.7 Å². The fraction of sp³-hybridized carbons (Fsp3) is 0.316. The van der Waals surface area contributed by atoms with Gasteiger partial charge in [-0.15, -0.1) is 16.4 Å². The number of piperidine rings is 1. The minimum atomic E-state index is -0.337. The molecule has 6 nitrogen and oxygen atoms in total. The van der Waals surface area contributed by atoms with Crippen molar-refractivity contribution in [3.8, 4) is 16.4 Å². The highest BCUT2D eigenvalue weighted by Crippen LogP contribution is 2.26. The SMILES string of the molecule is O=C(c1nc(-c2cccs2)n(-c2ccc(F)cc2)n1)N1CCCC(CO)C1. The van der Waals surface area contributed by atoms with Gasteiger partial charge in [-0.05, 0) is 54.5 Å². The average molecular weight is 386 g/mol.